The molecule has 0 spiro atoms. The van der Waals surface area contributed by atoms with Crippen LogP contribution in [0.15, 0.2) is 12.7 Å². The predicted molar refractivity (Wildman–Crippen MR) is 81.5 cm³/mol. The first-order valence-electron chi connectivity index (χ1n) is 8.04. The van der Waals surface area contributed by atoms with Crippen molar-refractivity contribution < 1.29 is 39.2 Å². The van der Waals surface area contributed by atoms with Gasteiger partial charge in [0.05, 0.1) is 21.7 Å². The molecule has 0 aliphatic heterocycles. The molecule has 4 aliphatic carbocycles. The fourth-order valence-corrected chi connectivity index (χ4v) is 5.82. The van der Waals surface area contributed by atoms with Crippen LogP contribution >= 0.6 is 0 Å². The molecule has 0 aromatic carbocycles. The van der Waals surface area contributed by atoms with Crippen molar-refractivity contribution in [1.82, 2.24) is 0 Å². The number of carbonyl (C=O) groups excluding carboxylic acids is 1. The molecule has 0 atom stereocenters. The van der Waals surface area contributed by atoms with Gasteiger partial charge in [-0.2, -0.15) is 0 Å². The Kier molecular flexibility index (Phi) is 3.53. The summed E-state index contributed by atoms with van der Waals surface area (Å²) in [5, 5.41) is 29.4. The maximum Gasteiger partial charge on any atom is 0.312 e. The van der Waals surface area contributed by atoms with Crippen molar-refractivity contribution in [3.05, 3.63) is 12.7 Å². The first-order chi connectivity index (χ1) is 11.6. The van der Waals surface area contributed by atoms with Crippen LogP contribution in [0.3, 0.4) is 0 Å². The molecule has 4 saturated carbocycles. The second-order valence-electron chi connectivity index (χ2n) is 7.98. The molecule has 0 unspecified atom stereocenters. The van der Waals surface area contributed by atoms with Gasteiger partial charge in [-0.15, -0.1) is 0 Å². The third-order valence-corrected chi connectivity index (χ3v) is 6.19. The Labute approximate surface area is 143 Å². The van der Waals surface area contributed by atoms with E-state index in [1.54, 1.807) is 0 Å². The molecule has 8 heteroatoms. The third kappa shape index (κ3) is 2.19. The van der Waals surface area contributed by atoms with Crippen molar-refractivity contribution in [1.29, 1.82) is 0 Å². The molecule has 4 bridgehead atoms. The summed E-state index contributed by atoms with van der Waals surface area (Å²) in [5.74, 6) is -4.47. The molecule has 4 rings (SSSR count). The number of hydrogen-bond donors (Lipinski definition) is 3. The number of rotatable bonds is 6. The van der Waals surface area contributed by atoms with Crippen molar-refractivity contribution in [3.63, 3.8) is 0 Å². The van der Waals surface area contributed by atoms with E-state index in [4.69, 9.17) is 4.74 Å². The molecule has 0 heterocycles. The maximum absolute atomic E-state index is 12.7. The van der Waals surface area contributed by atoms with Crippen molar-refractivity contribution in [2.24, 2.45) is 21.7 Å². The van der Waals surface area contributed by atoms with Gasteiger partial charge in [-0.1, -0.05) is 12.7 Å². The SMILES string of the molecule is C=CCOC(=O)C12CC3(C(=O)O)CC(C(=O)O)(CC(C(=O)O)(C3)C1)C2. The van der Waals surface area contributed by atoms with Gasteiger partial charge in [0.25, 0.3) is 0 Å². The predicted octanol–water partition coefficient (Wildman–Crippen LogP) is 1.30. The summed E-state index contributed by atoms with van der Waals surface area (Å²) in [6.45, 7) is 3.35. The Morgan fingerprint density at radius 2 is 1.08 bits per heavy atom. The second kappa shape index (κ2) is 5.06. The average Bonchev–Trinajstić information content (AvgIpc) is 2.51. The highest BCUT2D eigenvalue weighted by molar-refractivity contribution is 5.90. The number of hydrogen-bond acceptors (Lipinski definition) is 5. The topological polar surface area (TPSA) is 138 Å². The largest absolute Gasteiger partial charge is 0.481 e. The molecule has 25 heavy (non-hydrogen) atoms. The molecule has 8 nitrogen and oxygen atoms in total. The van der Waals surface area contributed by atoms with Gasteiger partial charge in [0.15, 0.2) is 0 Å². The van der Waals surface area contributed by atoms with Gasteiger partial charge in [0.1, 0.15) is 6.61 Å². The molecule has 0 amide bonds. The molecular weight excluding hydrogens is 332 g/mol. The summed E-state index contributed by atoms with van der Waals surface area (Å²) in [5.41, 5.74) is -6.04. The molecule has 0 saturated heterocycles. The van der Waals surface area contributed by atoms with E-state index >= 15 is 0 Å². The number of carboxylic acids is 3. The lowest BCUT2D eigenvalue weighted by Crippen LogP contribution is -2.68. The summed E-state index contributed by atoms with van der Waals surface area (Å²) in [4.78, 5) is 48.7. The van der Waals surface area contributed by atoms with E-state index in [0.29, 0.717) is 0 Å². The van der Waals surface area contributed by atoms with Crippen molar-refractivity contribution in [2.45, 2.75) is 38.5 Å². The molecular formula is C17H20O8. The van der Waals surface area contributed by atoms with Crippen LogP contribution in [-0.2, 0) is 23.9 Å². The summed E-state index contributed by atoms with van der Waals surface area (Å²) in [7, 11) is 0. The Balaban J connectivity index is 2.17. The molecule has 0 aromatic rings. The quantitative estimate of drug-likeness (QED) is 0.480. The Bertz CT molecular complexity index is 611. The number of carbonyl (C=O) groups is 4. The van der Waals surface area contributed by atoms with Crippen LogP contribution in [0.1, 0.15) is 38.5 Å². The lowest BCUT2D eigenvalue weighted by molar-refractivity contribution is -0.231. The molecule has 3 N–H and O–H groups in total. The monoisotopic (exact) mass is 352 g/mol. The van der Waals surface area contributed by atoms with Crippen LogP contribution in [0.5, 0.6) is 0 Å². The van der Waals surface area contributed by atoms with E-state index in [-0.39, 0.29) is 45.1 Å². The average molecular weight is 352 g/mol. The zero-order valence-electron chi connectivity index (χ0n) is 13.6. The van der Waals surface area contributed by atoms with E-state index in [2.05, 4.69) is 6.58 Å². The Morgan fingerprint density at radius 1 is 0.760 bits per heavy atom. The Morgan fingerprint density at radius 3 is 1.36 bits per heavy atom. The molecule has 136 valence electrons. The molecule has 4 fully saturated rings. The Hall–Kier alpha value is -2.38. The number of ether oxygens (including phenoxy) is 1. The van der Waals surface area contributed by atoms with Gasteiger partial charge in [0.2, 0.25) is 0 Å². The number of carboxylic acid groups (broad SMARTS) is 3. The number of aliphatic carboxylic acids is 3. The summed E-state index contributed by atoms with van der Waals surface area (Å²) >= 11 is 0. The minimum atomic E-state index is -1.54. The van der Waals surface area contributed by atoms with E-state index in [0.717, 1.165) is 0 Å². The minimum absolute atomic E-state index is 0.0879. The van der Waals surface area contributed by atoms with Crippen molar-refractivity contribution >= 4 is 23.9 Å². The van der Waals surface area contributed by atoms with Crippen LogP contribution in [-0.4, -0.2) is 45.8 Å². The van der Waals surface area contributed by atoms with Crippen molar-refractivity contribution in [3.8, 4) is 0 Å². The molecule has 4 aliphatic rings. The van der Waals surface area contributed by atoms with Crippen LogP contribution in [0, 0.1) is 21.7 Å². The highest BCUT2D eigenvalue weighted by Gasteiger charge is 2.76. The normalized spacial score (nSPS) is 41.1. The fourth-order valence-electron chi connectivity index (χ4n) is 5.82. The first-order valence-corrected chi connectivity index (χ1v) is 8.04. The van der Waals surface area contributed by atoms with Gasteiger partial charge < -0.3 is 20.1 Å². The van der Waals surface area contributed by atoms with Crippen LogP contribution in [0.2, 0.25) is 0 Å². The third-order valence-electron chi connectivity index (χ3n) is 6.19. The molecule has 0 aromatic heterocycles. The van der Waals surface area contributed by atoms with Crippen molar-refractivity contribution in [2.75, 3.05) is 6.61 Å². The summed E-state index contributed by atoms with van der Waals surface area (Å²) < 4.78 is 5.11. The fraction of sp³-hybridized carbons (Fsp3) is 0.647. The van der Waals surface area contributed by atoms with Gasteiger partial charge in [-0.3, -0.25) is 19.2 Å². The van der Waals surface area contributed by atoms with Crippen LogP contribution < -0.4 is 0 Å². The smallest absolute Gasteiger partial charge is 0.312 e. The maximum atomic E-state index is 12.7. The zero-order chi connectivity index (χ0) is 18.7. The second-order valence-corrected chi connectivity index (χ2v) is 7.98. The van der Waals surface area contributed by atoms with E-state index < -0.39 is 45.5 Å². The van der Waals surface area contributed by atoms with E-state index in [1.807, 2.05) is 0 Å². The minimum Gasteiger partial charge on any atom is -0.481 e. The number of esters is 1. The zero-order valence-corrected chi connectivity index (χ0v) is 13.6. The van der Waals surface area contributed by atoms with E-state index in [1.165, 1.54) is 6.08 Å². The van der Waals surface area contributed by atoms with E-state index in [9.17, 15) is 34.5 Å². The van der Waals surface area contributed by atoms with Crippen LogP contribution in [0.25, 0.3) is 0 Å². The van der Waals surface area contributed by atoms with Crippen LogP contribution in [0.4, 0.5) is 0 Å². The lowest BCUT2D eigenvalue weighted by Gasteiger charge is -2.65. The highest BCUT2D eigenvalue weighted by Crippen LogP contribution is 2.74. The van der Waals surface area contributed by atoms with Gasteiger partial charge >= 0.3 is 23.9 Å². The summed E-state index contributed by atoms with van der Waals surface area (Å²) in [6, 6.07) is 0. The van der Waals surface area contributed by atoms with Gasteiger partial charge in [-0.25, -0.2) is 0 Å². The van der Waals surface area contributed by atoms with Gasteiger partial charge in [0, 0.05) is 0 Å². The lowest BCUT2D eigenvalue weighted by atomic mass is 9.35. The first kappa shape index (κ1) is 17.4. The summed E-state index contributed by atoms with van der Waals surface area (Å²) in [6.07, 6.45) is 0.619. The molecule has 0 radical (unpaired) electrons. The van der Waals surface area contributed by atoms with Gasteiger partial charge in [-0.05, 0) is 38.5 Å². The highest BCUT2D eigenvalue weighted by atomic mass is 16.5. The standard InChI is InChI=1S/C17H20O8/c1-2-3-25-13(24)17-7-14(10(18)19)4-15(8-17,11(20)21)6-16(5-14,9-17)12(22)23/h2H,1,3-9H2,(H,18,19)(H,20,21)(H,22,23).